The summed E-state index contributed by atoms with van der Waals surface area (Å²) in [6.07, 6.45) is 2.93. The molecule has 0 saturated carbocycles. The van der Waals surface area contributed by atoms with Gasteiger partial charge in [0.15, 0.2) is 0 Å². The number of hydrogen-bond acceptors (Lipinski definition) is 4. The van der Waals surface area contributed by atoms with Gasteiger partial charge in [-0.05, 0) is 63.0 Å². The average molecular weight is 369 g/mol. The normalized spacial score (nSPS) is 20.6. The first-order valence-corrected chi connectivity index (χ1v) is 10.2. The Morgan fingerprint density at radius 3 is 2.28 bits per heavy atom. The number of nitrogens with one attached hydrogen (secondary N) is 2. The maximum atomic E-state index is 12.9. The molecule has 0 spiro atoms. The molecule has 0 aromatic heterocycles. The van der Waals surface area contributed by atoms with Crippen molar-refractivity contribution in [2.45, 2.75) is 36.6 Å². The number of halogens is 1. The lowest BCUT2D eigenvalue weighted by molar-refractivity contribution is -0.137. The SMILES string of the molecule is O=C(C1CCNCC1)N1CCC(NS(=O)(=O)c2ccc(F)cc2)CC1. The van der Waals surface area contributed by atoms with Gasteiger partial charge in [-0.15, -0.1) is 0 Å². The molecule has 2 N–H and O–H groups in total. The number of piperidine rings is 2. The van der Waals surface area contributed by atoms with Gasteiger partial charge in [-0.1, -0.05) is 0 Å². The third kappa shape index (κ3) is 4.56. The molecule has 1 amide bonds. The van der Waals surface area contributed by atoms with Crippen LogP contribution in [0.3, 0.4) is 0 Å². The van der Waals surface area contributed by atoms with E-state index in [2.05, 4.69) is 10.0 Å². The van der Waals surface area contributed by atoms with Gasteiger partial charge in [0.2, 0.25) is 15.9 Å². The average Bonchev–Trinajstić information content (AvgIpc) is 2.62. The molecule has 8 heteroatoms. The van der Waals surface area contributed by atoms with E-state index in [0.29, 0.717) is 25.9 Å². The summed E-state index contributed by atoms with van der Waals surface area (Å²) >= 11 is 0. The van der Waals surface area contributed by atoms with Gasteiger partial charge in [-0.3, -0.25) is 4.79 Å². The van der Waals surface area contributed by atoms with E-state index < -0.39 is 15.8 Å². The summed E-state index contributed by atoms with van der Waals surface area (Å²) in [6, 6.07) is 4.58. The number of carbonyl (C=O) groups excluding carboxylic acids is 1. The molecule has 2 heterocycles. The van der Waals surface area contributed by atoms with Crippen molar-refractivity contribution in [3.8, 4) is 0 Å². The lowest BCUT2D eigenvalue weighted by Gasteiger charge is -2.35. The summed E-state index contributed by atoms with van der Waals surface area (Å²) in [6.45, 7) is 2.90. The van der Waals surface area contributed by atoms with E-state index in [4.69, 9.17) is 0 Å². The summed E-state index contributed by atoms with van der Waals surface area (Å²) in [5, 5.41) is 3.25. The van der Waals surface area contributed by atoms with Gasteiger partial charge in [0.05, 0.1) is 4.90 Å². The standard InChI is InChI=1S/C17H24FN3O3S/c18-14-1-3-16(4-2-14)25(23,24)20-15-7-11-21(12-8-15)17(22)13-5-9-19-10-6-13/h1-4,13,15,19-20H,5-12H2. The van der Waals surface area contributed by atoms with Gasteiger partial charge in [0.1, 0.15) is 5.82 Å². The van der Waals surface area contributed by atoms with Gasteiger partial charge < -0.3 is 10.2 Å². The van der Waals surface area contributed by atoms with Crippen molar-refractivity contribution in [3.05, 3.63) is 30.1 Å². The van der Waals surface area contributed by atoms with Crippen LogP contribution in [-0.2, 0) is 14.8 Å². The third-order valence-corrected chi connectivity index (χ3v) is 6.48. The van der Waals surface area contributed by atoms with Crippen molar-refractivity contribution in [1.82, 2.24) is 14.9 Å². The molecule has 1 aromatic carbocycles. The molecule has 0 atom stereocenters. The molecule has 0 unspecified atom stereocenters. The Balaban J connectivity index is 1.53. The topological polar surface area (TPSA) is 78.5 Å². The molecule has 3 rings (SSSR count). The van der Waals surface area contributed by atoms with Crippen molar-refractivity contribution >= 4 is 15.9 Å². The highest BCUT2D eigenvalue weighted by Crippen LogP contribution is 2.20. The summed E-state index contributed by atoms with van der Waals surface area (Å²) in [5.74, 6) is -0.182. The molecular formula is C17H24FN3O3S. The van der Waals surface area contributed by atoms with E-state index in [9.17, 15) is 17.6 Å². The molecule has 2 aliphatic heterocycles. The number of rotatable bonds is 4. The number of nitrogens with zero attached hydrogens (tertiary/aromatic N) is 1. The molecule has 138 valence electrons. The van der Waals surface area contributed by atoms with Crippen LogP contribution < -0.4 is 10.0 Å². The Labute approximate surface area is 147 Å². The number of amides is 1. The van der Waals surface area contributed by atoms with Crippen LogP contribution >= 0.6 is 0 Å². The van der Waals surface area contributed by atoms with E-state index in [-0.39, 0.29) is 22.8 Å². The lowest BCUT2D eigenvalue weighted by atomic mass is 9.95. The van der Waals surface area contributed by atoms with E-state index in [0.717, 1.165) is 38.1 Å². The van der Waals surface area contributed by atoms with Gasteiger partial charge in [-0.25, -0.2) is 17.5 Å². The maximum Gasteiger partial charge on any atom is 0.240 e. The summed E-state index contributed by atoms with van der Waals surface area (Å²) < 4.78 is 40.3. The van der Waals surface area contributed by atoms with Crippen molar-refractivity contribution in [1.29, 1.82) is 0 Å². The second-order valence-corrected chi connectivity index (χ2v) is 8.41. The van der Waals surface area contributed by atoms with Crippen LogP contribution in [0.5, 0.6) is 0 Å². The summed E-state index contributed by atoms with van der Waals surface area (Å²) in [7, 11) is -3.66. The minimum Gasteiger partial charge on any atom is -0.342 e. The molecule has 0 aliphatic carbocycles. The third-order valence-electron chi connectivity index (χ3n) is 4.94. The molecule has 2 saturated heterocycles. The molecule has 2 fully saturated rings. The Hall–Kier alpha value is -1.51. The Morgan fingerprint density at radius 1 is 1.08 bits per heavy atom. The highest BCUT2D eigenvalue weighted by atomic mass is 32.2. The van der Waals surface area contributed by atoms with E-state index >= 15 is 0 Å². The monoisotopic (exact) mass is 369 g/mol. The van der Waals surface area contributed by atoms with Crippen LogP contribution in [0.25, 0.3) is 0 Å². The van der Waals surface area contributed by atoms with E-state index in [1.165, 1.54) is 12.1 Å². The zero-order valence-corrected chi connectivity index (χ0v) is 14.9. The van der Waals surface area contributed by atoms with Crippen LogP contribution in [0.4, 0.5) is 4.39 Å². The van der Waals surface area contributed by atoms with Crippen LogP contribution in [0.2, 0.25) is 0 Å². The number of benzene rings is 1. The molecule has 25 heavy (non-hydrogen) atoms. The van der Waals surface area contributed by atoms with Crippen molar-refractivity contribution in [3.63, 3.8) is 0 Å². The first-order chi connectivity index (χ1) is 12.0. The van der Waals surface area contributed by atoms with Crippen molar-refractivity contribution < 1.29 is 17.6 Å². The number of hydrogen-bond donors (Lipinski definition) is 2. The molecule has 1 aromatic rings. The molecule has 6 nitrogen and oxygen atoms in total. The highest BCUT2D eigenvalue weighted by molar-refractivity contribution is 7.89. The lowest BCUT2D eigenvalue weighted by Crippen LogP contribution is -2.49. The first kappa shape index (κ1) is 18.3. The quantitative estimate of drug-likeness (QED) is 0.833. The largest absolute Gasteiger partial charge is 0.342 e. The second-order valence-electron chi connectivity index (χ2n) is 6.70. The number of likely N-dealkylation sites (tertiary alicyclic amines) is 1. The molecular weight excluding hydrogens is 345 g/mol. The van der Waals surface area contributed by atoms with Gasteiger partial charge in [-0.2, -0.15) is 0 Å². The van der Waals surface area contributed by atoms with Gasteiger partial charge in [0.25, 0.3) is 0 Å². The van der Waals surface area contributed by atoms with E-state index in [1.807, 2.05) is 4.90 Å². The van der Waals surface area contributed by atoms with Crippen LogP contribution in [-0.4, -0.2) is 51.4 Å². The zero-order chi connectivity index (χ0) is 17.9. The van der Waals surface area contributed by atoms with Crippen LogP contribution in [0.1, 0.15) is 25.7 Å². The fraction of sp³-hybridized carbons (Fsp3) is 0.588. The zero-order valence-electron chi connectivity index (χ0n) is 14.1. The second kappa shape index (κ2) is 7.80. The maximum absolute atomic E-state index is 12.9. The Kier molecular flexibility index (Phi) is 5.71. The minimum atomic E-state index is -3.66. The number of sulfonamides is 1. The Morgan fingerprint density at radius 2 is 1.68 bits per heavy atom. The van der Waals surface area contributed by atoms with Crippen LogP contribution in [0, 0.1) is 11.7 Å². The van der Waals surface area contributed by atoms with Crippen molar-refractivity contribution in [2.75, 3.05) is 26.2 Å². The Bertz CT molecular complexity index is 694. The summed E-state index contributed by atoms with van der Waals surface area (Å²) in [4.78, 5) is 14.4. The molecule has 0 radical (unpaired) electrons. The van der Waals surface area contributed by atoms with E-state index in [1.54, 1.807) is 0 Å². The van der Waals surface area contributed by atoms with Gasteiger partial charge in [0, 0.05) is 25.0 Å². The fourth-order valence-electron chi connectivity index (χ4n) is 3.45. The summed E-state index contributed by atoms with van der Waals surface area (Å²) in [5.41, 5.74) is 0. The molecule has 2 aliphatic rings. The first-order valence-electron chi connectivity index (χ1n) is 8.73. The minimum absolute atomic E-state index is 0.0575. The highest BCUT2D eigenvalue weighted by Gasteiger charge is 2.30. The predicted octanol–water partition coefficient (Wildman–Crippen LogP) is 1.09. The van der Waals surface area contributed by atoms with Crippen LogP contribution in [0.15, 0.2) is 29.2 Å². The molecule has 0 bridgehead atoms. The van der Waals surface area contributed by atoms with Crippen molar-refractivity contribution in [2.24, 2.45) is 5.92 Å². The predicted molar refractivity (Wildman–Crippen MR) is 91.9 cm³/mol. The fourth-order valence-corrected chi connectivity index (χ4v) is 4.75. The number of carbonyl (C=O) groups is 1. The smallest absolute Gasteiger partial charge is 0.240 e. The van der Waals surface area contributed by atoms with Gasteiger partial charge >= 0.3 is 0 Å².